The van der Waals surface area contributed by atoms with Crippen molar-refractivity contribution in [1.82, 2.24) is 5.32 Å². The van der Waals surface area contributed by atoms with E-state index >= 15 is 0 Å². The van der Waals surface area contributed by atoms with Crippen molar-refractivity contribution in [1.29, 1.82) is 0 Å². The Bertz CT molecular complexity index is 590. The van der Waals surface area contributed by atoms with Gasteiger partial charge in [0.1, 0.15) is 6.04 Å². The van der Waals surface area contributed by atoms with Crippen LogP contribution in [0.15, 0.2) is 24.3 Å². The van der Waals surface area contributed by atoms with Crippen LogP contribution < -0.4 is 16.0 Å². The average Bonchev–Trinajstić information content (AvgIpc) is 3.08. The van der Waals surface area contributed by atoms with E-state index in [-0.39, 0.29) is 36.2 Å². The summed E-state index contributed by atoms with van der Waals surface area (Å²) in [4.78, 5) is 26.5. The second-order valence-corrected chi connectivity index (χ2v) is 6.79. The van der Waals surface area contributed by atoms with Gasteiger partial charge in [-0.05, 0) is 44.2 Å². The maximum Gasteiger partial charge on any atom is 0.249 e. The summed E-state index contributed by atoms with van der Waals surface area (Å²) in [6.07, 6.45) is 4.22. The molecule has 1 aromatic rings. The molecule has 1 aliphatic carbocycles. The van der Waals surface area contributed by atoms with Gasteiger partial charge in [-0.3, -0.25) is 9.59 Å². The van der Waals surface area contributed by atoms with Crippen LogP contribution >= 0.6 is 12.4 Å². The third-order valence-corrected chi connectivity index (χ3v) is 5.05. The van der Waals surface area contributed by atoms with Crippen LogP contribution in [-0.2, 0) is 9.59 Å². The molecule has 3 rings (SSSR count). The minimum absolute atomic E-state index is 0. The minimum Gasteiger partial charge on any atom is -0.344 e. The van der Waals surface area contributed by atoms with E-state index in [1.165, 1.54) is 0 Å². The molecule has 0 spiro atoms. The number of aryl methyl sites for hydroxylation is 1. The van der Waals surface area contributed by atoms with Gasteiger partial charge in [0.15, 0.2) is 0 Å². The number of amides is 2. The smallest absolute Gasteiger partial charge is 0.249 e. The number of rotatable bonds is 4. The van der Waals surface area contributed by atoms with E-state index in [2.05, 4.69) is 5.32 Å². The number of hydrogen-bond donors (Lipinski definition) is 2. The van der Waals surface area contributed by atoms with E-state index in [0.717, 1.165) is 30.5 Å². The molecule has 1 unspecified atom stereocenters. The van der Waals surface area contributed by atoms with Crippen molar-refractivity contribution in [2.45, 2.75) is 51.1 Å². The number of benzene rings is 1. The number of anilines is 1. The molecule has 3 N–H and O–H groups in total. The second kappa shape index (κ2) is 7.99. The molecule has 24 heavy (non-hydrogen) atoms. The maximum atomic E-state index is 12.5. The van der Waals surface area contributed by atoms with Gasteiger partial charge in [0.2, 0.25) is 11.8 Å². The Labute approximate surface area is 149 Å². The average molecular weight is 352 g/mol. The maximum absolute atomic E-state index is 12.5. The highest BCUT2D eigenvalue weighted by molar-refractivity contribution is 6.01. The highest BCUT2D eigenvalue weighted by Crippen LogP contribution is 2.27. The molecule has 2 amide bonds. The normalized spacial score (nSPS) is 26.3. The summed E-state index contributed by atoms with van der Waals surface area (Å²) in [5.41, 5.74) is 8.08. The number of halogens is 1. The molecule has 2 fully saturated rings. The van der Waals surface area contributed by atoms with Crippen LogP contribution in [0, 0.1) is 12.8 Å². The molecule has 0 aromatic heterocycles. The SMILES string of the molecule is Cc1ccc(N2CCC(NC(=O)C[C@@H]3CCC[C@H]3N)C2=O)cc1.Cl. The first kappa shape index (κ1) is 18.7. The topological polar surface area (TPSA) is 75.4 Å². The fraction of sp³-hybridized carbons (Fsp3) is 0.556. The minimum atomic E-state index is -0.401. The summed E-state index contributed by atoms with van der Waals surface area (Å²) in [6, 6.07) is 7.63. The first-order valence-electron chi connectivity index (χ1n) is 8.47. The Morgan fingerprint density at radius 3 is 2.58 bits per heavy atom. The molecule has 2 aliphatic rings. The summed E-state index contributed by atoms with van der Waals surface area (Å²) < 4.78 is 0. The Morgan fingerprint density at radius 2 is 1.96 bits per heavy atom. The molecule has 1 saturated carbocycles. The van der Waals surface area contributed by atoms with E-state index in [9.17, 15) is 9.59 Å². The number of nitrogens with zero attached hydrogens (tertiary/aromatic N) is 1. The van der Waals surface area contributed by atoms with Crippen molar-refractivity contribution in [2.24, 2.45) is 11.7 Å². The summed E-state index contributed by atoms with van der Waals surface area (Å²) in [5.74, 6) is 0.203. The molecule has 6 heteroatoms. The van der Waals surface area contributed by atoms with E-state index in [4.69, 9.17) is 5.73 Å². The van der Waals surface area contributed by atoms with Gasteiger partial charge in [0.05, 0.1) is 0 Å². The molecule has 132 valence electrons. The van der Waals surface area contributed by atoms with Crippen LogP contribution in [0.2, 0.25) is 0 Å². The van der Waals surface area contributed by atoms with Crippen LogP contribution in [0.1, 0.15) is 37.7 Å². The van der Waals surface area contributed by atoms with Crippen molar-refractivity contribution in [3.8, 4) is 0 Å². The molecule has 1 aliphatic heterocycles. The lowest BCUT2D eigenvalue weighted by molar-refractivity contribution is -0.127. The van der Waals surface area contributed by atoms with E-state index < -0.39 is 6.04 Å². The standard InChI is InChI=1S/C18H25N3O2.ClH/c1-12-5-7-14(8-6-12)21-10-9-16(18(21)23)20-17(22)11-13-3-2-4-15(13)19;/h5-8,13,15-16H,2-4,9-11,19H2,1H3,(H,20,22);1H/t13-,15+,16?;/m0./s1. The molecule has 1 heterocycles. The van der Waals surface area contributed by atoms with Crippen molar-refractivity contribution >= 4 is 29.9 Å². The molecule has 1 aromatic carbocycles. The zero-order valence-electron chi connectivity index (χ0n) is 14.0. The van der Waals surface area contributed by atoms with Gasteiger partial charge in [0.25, 0.3) is 0 Å². The van der Waals surface area contributed by atoms with Gasteiger partial charge in [-0.15, -0.1) is 12.4 Å². The Hall–Kier alpha value is -1.59. The molecular weight excluding hydrogens is 326 g/mol. The summed E-state index contributed by atoms with van der Waals surface area (Å²) in [6.45, 7) is 2.67. The predicted molar refractivity (Wildman–Crippen MR) is 97.3 cm³/mol. The highest BCUT2D eigenvalue weighted by atomic mass is 35.5. The van der Waals surface area contributed by atoms with Gasteiger partial charge in [-0.1, -0.05) is 24.1 Å². The number of nitrogens with one attached hydrogen (secondary N) is 1. The lowest BCUT2D eigenvalue weighted by atomic mass is 9.99. The second-order valence-electron chi connectivity index (χ2n) is 6.79. The van der Waals surface area contributed by atoms with Crippen molar-refractivity contribution in [3.63, 3.8) is 0 Å². The molecule has 3 atom stereocenters. The lowest BCUT2D eigenvalue weighted by Crippen LogP contribution is -2.42. The van der Waals surface area contributed by atoms with Gasteiger partial charge in [-0.25, -0.2) is 0 Å². The van der Waals surface area contributed by atoms with Crippen LogP contribution in [0.4, 0.5) is 5.69 Å². The molecule has 0 bridgehead atoms. The van der Waals surface area contributed by atoms with Gasteiger partial charge in [-0.2, -0.15) is 0 Å². The molecule has 1 saturated heterocycles. The zero-order valence-corrected chi connectivity index (χ0v) is 14.8. The van der Waals surface area contributed by atoms with Crippen molar-refractivity contribution in [2.75, 3.05) is 11.4 Å². The van der Waals surface area contributed by atoms with E-state index in [1.54, 1.807) is 4.90 Å². The summed E-state index contributed by atoms with van der Waals surface area (Å²) >= 11 is 0. The molecular formula is C18H26ClN3O2. The van der Waals surface area contributed by atoms with Gasteiger partial charge >= 0.3 is 0 Å². The number of hydrogen-bond acceptors (Lipinski definition) is 3. The summed E-state index contributed by atoms with van der Waals surface area (Å²) in [7, 11) is 0. The van der Waals surface area contributed by atoms with E-state index in [0.29, 0.717) is 19.4 Å². The largest absolute Gasteiger partial charge is 0.344 e. The lowest BCUT2D eigenvalue weighted by Gasteiger charge is -2.19. The van der Waals surface area contributed by atoms with Crippen molar-refractivity contribution < 1.29 is 9.59 Å². The monoisotopic (exact) mass is 351 g/mol. The molecule has 5 nitrogen and oxygen atoms in total. The first-order valence-corrected chi connectivity index (χ1v) is 8.47. The fourth-order valence-electron chi connectivity index (χ4n) is 3.61. The van der Waals surface area contributed by atoms with Crippen molar-refractivity contribution in [3.05, 3.63) is 29.8 Å². The number of nitrogens with two attached hydrogens (primary N) is 1. The van der Waals surface area contributed by atoms with Gasteiger partial charge in [0, 0.05) is 24.7 Å². The Balaban J connectivity index is 0.00000208. The van der Waals surface area contributed by atoms with Crippen LogP contribution in [0.3, 0.4) is 0 Å². The fourth-order valence-corrected chi connectivity index (χ4v) is 3.61. The van der Waals surface area contributed by atoms with Gasteiger partial charge < -0.3 is 16.0 Å². The van der Waals surface area contributed by atoms with Crippen LogP contribution in [0.25, 0.3) is 0 Å². The van der Waals surface area contributed by atoms with E-state index in [1.807, 2.05) is 31.2 Å². The number of carbonyl (C=O) groups excluding carboxylic acids is 2. The summed E-state index contributed by atoms with van der Waals surface area (Å²) in [5, 5.41) is 2.90. The third kappa shape index (κ3) is 4.08. The van der Waals surface area contributed by atoms with Crippen LogP contribution in [0.5, 0.6) is 0 Å². The molecule has 0 radical (unpaired) electrons. The third-order valence-electron chi connectivity index (χ3n) is 5.05. The highest BCUT2D eigenvalue weighted by Gasteiger charge is 2.34. The Morgan fingerprint density at radius 1 is 1.25 bits per heavy atom. The quantitative estimate of drug-likeness (QED) is 0.872. The predicted octanol–water partition coefficient (Wildman–Crippen LogP) is 2.16. The first-order chi connectivity index (χ1) is 11.0. The zero-order chi connectivity index (χ0) is 16.4. The Kier molecular flexibility index (Phi) is 6.24. The number of carbonyl (C=O) groups is 2. The van der Waals surface area contributed by atoms with Crippen LogP contribution in [-0.4, -0.2) is 30.4 Å².